The van der Waals surface area contributed by atoms with E-state index >= 15 is 0 Å². The molecule has 5 heteroatoms. The van der Waals surface area contributed by atoms with Crippen molar-refractivity contribution in [2.45, 2.75) is 13.8 Å². The molecule has 0 saturated carbocycles. The average Bonchev–Trinajstić information content (AvgIpc) is 2.56. The minimum absolute atomic E-state index is 0.295. The van der Waals surface area contributed by atoms with Gasteiger partial charge >= 0.3 is 5.97 Å². The number of carbonyl (C=O) groups excluding carboxylic acids is 2. The number of hydrogen-bond acceptors (Lipinski definition) is 4. The molecular formula is C18H16N2O3. The number of amides is 1. The number of benzene rings is 2. The first-order valence-electron chi connectivity index (χ1n) is 7.04. The molecule has 2 aromatic rings. The highest BCUT2D eigenvalue weighted by atomic mass is 16.5. The van der Waals surface area contributed by atoms with Gasteiger partial charge in [0, 0.05) is 5.69 Å². The Balaban J connectivity index is 1.92. The van der Waals surface area contributed by atoms with E-state index in [0.29, 0.717) is 16.8 Å². The molecule has 0 unspecified atom stereocenters. The van der Waals surface area contributed by atoms with Crippen molar-refractivity contribution in [2.75, 3.05) is 11.9 Å². The van der Waals surface area contributed by atoms with E-state index in [-0.39, 0.29) is 6.61 Å². The molecule has 116 valence electrons. The summed E-state index contributed by atoms with van der Waals surface area (Å²) < 4.78 is 4.97. The van der Waals surface area contributed by atoms with Crippen LogP contribution in [0.5, 0.6) is 0 Å². The summed E-state index contributed by atoms with van der Waals surface area (Å²) in [4.78, 5) is 23.7. The van der Waals surface area contributed by atoms with Crippen LogP contribution in [0.2, 0.25) is 0 Å². The number of carbonyl (C=O) groups is 2. The number of nitriles is 1. The topological polar surface area (TPSA) is 79.2 Å². The fourth-order valence-corrected chi connectivity index (χ4v) is 1.95. The minimum atomic E-state index is -0.606. The second-order valence-electron chi connectivity index (χ2n) is 5.13. The van der Waals surface area contributed by atoms with Crippen molar-refractivity contribution in [1.29, 1.82) is 5.26 Å². The summed E-state index contributed by atoms with van der Waals surface area (Å²) in [5.41, 5.74) is 3.41. The first-order chi connectivity index (χ1) is 11.0. The van der Waals surface area contributed by atoms with E-state index in [1.165, 1.54) is 24.3 Å². The van der Waals surface area contributed by atoms with Gasteiger partial charge in [-0.1, -0.05) is 12.1 Å². The van der Waals surface area contributed by atoms with Crippen LogP contribution in [0.4, 0.5) is 5.69 Å². The molecule has 2 aromatic carbocycles. The van der Waals surface area contributed by atoms with E-state index in [9.17, 15) is 9.59 Å². The number of nitrogens with zero attached hydrogens (tertiary/aromatic N) is 1. The summed E-state index contributed by atoms with van der Waals surface area (Å²) in [6, 6.07) is 13.7. The normalized spacial score (nSPS) is 9.78. The molecule has 0 radical (unpaired) electrons. The molecule has 2 rings (SSSR count). The molecule has 0 heterocycles. The molecule has 0 fully saturated rings. The Morgan fingerprint density at radius 1 is 1.13 bits per heavy atom. The number of ether oxygens (including phenoxy) is 1. The molecule has 1 amide bonds. The Morgan fingerprint density at radius 3 is 2.48 bits per heavy atom. The molecule has 23 heavy (non-hydrogen) atoms. The van der Waals surface area contributed by atoms with Crippen LogP contribution in [-0.4, -0.2) is 18.5 Å². The lowest BCUT2D eigenvalue weighted by molar-refractivity contribution is -0.119. The van der Waals surface area contributed by atoms with Crippen molar-refractivity contribution in [2.24, 2.45) is 0 Å². The van der Waals surface area contributed by atoms with Gasteiger partial charge in [0.15, 0.2) is 6.61 Å². The largest absolute Gasteiger partial charge is 0.452 e. The minimum Gasteiger partial charge on any atom is -0.452 e. The molecule has 0 bridgehead atoms. The number of hydrogen-bond donors (Lipinski definition) is 1. The lowest BCUT2D eigenvalue weighted by atomic mass is 10.1. The molecule has 5 nitrogen and oxygen atoms in total. The van der Waals surface area contributed by atoms with Crippen molar-refractivity contribution in [3.63, 3.8) is 0 Å². The van der Waals surface area contributed by atoms with Gasteiger partial charge in [0.05, 0.1) is 17.2 Å². The quantitative estimate of drug-likeness (QED) is 0.881. The molecule has 1 N–H and O–H groups in total. The Kier molecular flexibility index (Phi) is 5.11. The van der Waals surface area contributed by atoms with Crippen molar-refractivity contribution in [1.82, 2.24) is 0 Å². The predicted molar refractivity (Wildman–Crippen MR) is 86.0 cm³/mol. The fraction of sp³-hybridized carbons (Fsp3) is 0.167. The Hall–Kier alpha value is -3.13. The summed E-state index contributed by atoms with van der Waals surface area (Å²) in [5.74, 6) is -1.01. The van der Waals surface area contributed by atoms with Crippen molar-refractivity contribution in [3.8, 4) is 6.07 Å². The predicted octanol–water partition coefficient (Wildman–Crippen LogP) is 2.97. The van der Waals surface area contributed by atoms with Crippen molar-refractivity contribution in [3.05, 3.63) is 64.7 Å². The van der Waals surface area contributed by atoms with Crippen LogP contribution in [0.25, 0.3) is 0 Å². The van der Waals surface area contributed by atoms with Crippen LogP contribution in [0.1, 0.15) is 27.0 Å². The monoisotopic (exact) mass is 308 g/mol. The zero-order valence-electron chi connectivity index (χ0n) is 12.9. The van der Waals surface area contributed by atoms with E-state index in [1.807, 2.05) is 38.1 Å². The third-order valence-corrected chi connectivity index (χ3v) is 3.25. The van der Waals surface area contributed by atoms with Gasteiger partial charge in [0.25, 0.3) is 5.91 Å². The van der Waals surface area contributed by atoms with Gasteiger partial charge in [-0.2, -0.15) is 5.26 Å². The zero-order valence-corrected chi connectivity index (χ0v) is 12.9. The molecular weight excluding hydrogens is 292 g/mol. The van der Waals surface area contributed by atoms with E-state index in [0.717, 1.165) is 11.1 Å². The Morgan fingerprint density at radius 2 is 1.83 bits per heavy atom. The van der Waals surface area contributed by atoms with E-state index in [1.54, 1.807) is 0 Å². The summed E-state index contributed by atoms with van der Waals surface area (Å²) in [6.07, 6.45) is 0. The van der Waals surface area contributed by atoms with Crippen LogP contribution in [-0.2, 0) is 9.53 Å². The highest BCUT2D eigenvalue weighted by Crippen LogP contribution is 2.16. The van der Waals surface area contributed by atoms with Crippen molar-refractivity contribution >= 4 is 17.6 Å². The molecule has 0 aromatic heterocycles. The maximum absolute atomic E-state index is 11.9. The number of aryl methyl sites for hydroxylation is 2. The maximum atomic E-state index is 11.9. The molecule has 0 aliphatic heterocycles. The highest BCUT2D eigenvalue weighted by Gasteiger charge is 2.11. The van der Waals surface area contributed by atoms with Crippen LogP contribution in [0.15, 0.2) is 42.5 Å². The SMILES string of the molecule is Cc1ccc(C)c(NC(=O)COC(=O)c2ccc(C#N)cc2)c1. The van der Waals surface area contributed by atoms with Gasteiger partial charge in [0.1, 0.15) is 0 Å². The third kappa shape index (κ3) is 4.42. The molecule has 0 saturated heterocycles. The van der Waals surface area contributed by atoms with Gasteiger partial charge < -0.3 is 10.1 Å². The van der Waals surface area contributed by atoms with Crippen LogP contribution < -0.4 is 5.32 Å². The van der Waals surface area contributed by atoms with Gasteiger partial charge in [0.2, 0.25) is 0 Å². The number of rotatable bonds is 4. The van der Waals surface area contributed by atoms with Gasteiger partial charge in [-0.3, -0.25) is 4.79 Å². The number of anilines is 1. The standard InChI is InChI=1S/C18H16N2O3/c1-12-3-4-13(2)16(9-12)20-17(21)11-23-18(22)15-7-5-14(10-19)6-8-15/h3-9H,11H2,1-2H3,(H,20,21). The lowest BCUT2D eigenvalue weighted by Gasteiger charge is -2.10. The van der Waals surface area contributed by atoms with E-state index in [4.69, 9.17) is 10.00 Å². The van der Waals surface area contributed by atoms with Crippen LogP contribution in [0.3, 0.4) is 0 Å². The lowest BCUT2D eigenvalue weighted by Crippen LogP contribution is -2.21. The molecule has 0 atom stereocenters. The second-order valence-corrected chi connectivity index (χ2v) is 5.13. The first kappa shape index (κ1) is 16.2. The summed E-state index contributed by atoms with van der Waals surface area (Å²) in [5, 5.41) is 11.4. The molecule has 0 aliphatic rings. The van der Waals surface area contributed by atoms with Crippen LogP contribution in [0, 0.1) is 25.2 Å². The van der Waals surface area contributed by atoms with E-state index < -0.39 is 11.9 Å². The van der Waals surface area contributed by atoms with Gasteiger partial charge in [-0.05, 0) is 55.3 Å². The first-order valence-corrected chi connectivity index (χ1v) is 7.04. The average molecular weight is 308 g/mol. The summed E-state index contributed by atoms with van der Waals surface area (Å²) >= 11 is 0. The zero-order chi connectivity index (χ0) is 16.8. The molecule has 0 aliphatic carbocycles. The van der Waals surface area contributed by atoms with Crippen molar-refractivity contribution < 1.29 is 14.3 Å². The number of esters is 1. The van der Waals surface area contributed by atoms with Crippen LogP contribution >= 0.6 is 0 Å². The Labute approximate surface area is 134 Å². The number of nitrogens with one attached hydrogen (secondary N) is 1. The van der Waals surface area contributed by atoms with E-state index in [2.05, 4.69) is 5.32 Å². The fourth-order valence-electron chi connectivity index (χ4n) is 1.95. The summed E-state index contributed by atoms with van der Waals surface area (Å²) in [6.45, 7) is 3.45. The maximum Gasteiger partial charge on any atom is 0.338 e. The smallest absolute Gasteiger partial charge is 0.338 e. The summed E-state index contributed by atoms with van der Waals surface area (Å²) in [7, 11) is 0. The Bertz CT molecular complexity index is 774. The second kappa shape index (κ2) is 7.23. The highest BCUT2D eigenvalue weighted by molar-refractivity contribution is 5.96. The van der Waals surface area contributed by atoms with Gasteiger partial charge in [-0.25, -0.2) is 4.79 Å². The third-order valence-electron chi connectivity index (χ3n) is 3.25. The molecule has 0 spiro atoms. The van der Waals surface area contributed by atoms with Gasteiger partial charge in [-0.15, -0.1) is 0 Å².